The summed E-state index contributed by atoms with van der Waals surface area (Å²) in [6.45, 7) is 3.78. The molecule has 0 aliphatic heterocycles. The van der Waals surface area contributed by atoms with Crippen molar-refractivity contribution in [2.24, 2.45) is 5.18 Å². The molecule has 70 valence electrons. The van der Waals surface area contributed by atoms with Crippen LogP contribution in [0.1, 0.15) is 33.1 Å². The van der Waals surface area contributed by atoms with Crippen molar-refractivity contribution in [1.29, 1.82) is 0 Å². The first-order chi connectivity index (χ1) is 6.09. The predicted octanol–water partition coefficient (Wildman–Crippen LogP) is 2.27. The molecular weight excluding hydrogens is 166 g/mol. The molecule has 0 aromatic heterocycles. The maximum absolute atomic E-state index is 10.5. The van der Waals surface area contributed by atoms with E-state index >= 15 is 0 Å². The number of fused-ring (bicyclic) bond motifs is 1. The molecule has 0 bridgehead atoms. The highest BCUT2D eigenvalue weighted by Crippen LogP contribution is 2.50. The van der Waals surface area contributed by atoms with Gasteiger partial charge >= 0.3 is 0 Å². The number of nitrogens with zero attached hydrogens (tertiary/aromatic N) is 1. The van der Waals surface area contributed by atoms with Gasteiger partial charge in [0.1, 0.15) is 5.60 Å². The smallest absolute Gasteiger partial charge is 0.109 e. The maximum atomic E-state index is 10.5. The fourth-order valence-electron chi connectivity index (χ4n) is 2.30. The molecule has 0 aromatic rings. The Morgan fingerprint density at radius 2 is 2.15 bits per heavy atom. The SMILES string of the molecule is CC1=C2CCC2(O)C(C)=C(N=O)C1. The second-order valence-electron chi connectivity index (χ2n) is 3.96. The first kappa shape index (κ1) is 8.63. The van der Waals surface area contributed by atoms with E-state index in [-0.39, 0.29) is 0 Å². The van der Waals surface area contributed by atoms with Gasteiger partial charge in [-0.2, -0.15) is 0 Å². The molecule has 0 aromatic carbocycles. The van der Waals surface area contributed by atoms with Gasteiger partial charge in [0.05, 0.1) is 5.70 Å². The van der Waals surface area contributed by atoms with Gasteiger partial charge in [0, 0.05) is 6.42 Å². The molecule has 1 saturated carbocycles. The molecule has 1 atom stereocenters. The number of hydrogen-bond donors (Lipinski definition) is 1. The van der Waals surface area contributed by atoms with Crippen LogP contribution in [-0.2, 0) is 0 Å². The first-order valence-corrected chi connectivity index (χ1v) is 4.54. The third kappa shape index (κ3) is 0.936. The van der Waals surface area contributed by atoms with Gasteiger partial charge in [-0.3, -0.25) is 0 Å². The summed E-state index contributed by atoms with van der Waals surface area (Å²) in [6.07, 6.45) is 2.32. The van der Waals surface area contributed by atoms with E-state index in [4.69, 9.17) is 0 Å². The van der Waals surface area contributed by atoms with Crippen LogP contribution in [0.3, 0.4) is 0 Å². The minimum atomic E-state index is -0.814. The molecule has 1 N–H and O–H groups in total. The molecule has 2 aliphatic rings. The maximum Gasteiger partial charge on any atom is 0.109 e. The Kier molecular flexibility index (Phi) is 1.67. The van der Waals surface area contributed by atoms with E-state index in [2.05, 4.69) is 5.18 Å². The fourth-order valence-corrected chi connectivity index (χ4v) is 2.30. The van der Waals surface area contributed by atoms with Gasteiger partial charge in [0.2, 0.25) is 0 Å². The molecule has 0 radical (unpaired) electrons. The molecule has 0 heterocycles. The molecule has 3 heteroatoms. The van der Waals surface area contributed by atoms with Crippen molar-refractivity contribution in [3.05, 3.63) is 27.3 Å². The first-order valence-electron chi connectivity index (χ1n) is 4.54. The van der Waals surface area contributed by atoms with E-state index in [1.807, 2.05) is 13.8 Å². The van der Waals surface area contributed by atoms with Gasteiger partial charge in [-0.05, 0) is 43.0 Å². The van der Waals surface area contributed by atoms with Crippen molar-refractivity contribution in [2.45, 2.75) is 38.7 Å². The number of aliphatic hydroxyl groups is 1. The van der Waals surface area contributed by atoms with Crippen LogP contribution in [0.4, 0.5) is 0 Å². The van der Waals surface area contributed by atoms with Crippen LogP contribution in [0.25, 0.3) is 0 Å². The molecule has 1 unspecified atom stereocenters. The average Bonchev–Trinajstić information content (AvgIpc) is 2.08. The molecule has 0 spiro atoms. The number of hydrogen-bond acceptors (Lipinski definition) is 3. The van der Waals surface area contributed by atoms with E-state index in [0.717, 1.165) is 29.6 Å². The molecule has 0 saturated heterocycles. The highest BCUT2D eigenvalue weighted by Gasteiger charge is 2.46. The van der Waals surface area contributed by atoms with Crippen LogP contribution in [0.2, 0.25) is 0 Å². The molecule has 2 aliphatic carbocycles. The Bertz CT molecular complexity index is 341. The Morgan fingerprint density at radius 3 is 2.62 bits per heavy atom. The summed E-state index contributed by atoms with van der Waals surface area (Å²) in [7, 11) is 0. The van der Waals surface area contributed by atoms with Crippen LogP contribution in [0, 0.1) is 4.91 Å². The quantitative estimate of drug-likeness (QED) is 0.496. The molecule has 0 amide bonds. The summed E-state index contributed by atoms with van der Waals surface area (Å²) in [5, 5.41) is 13.1. The highest BCUT2D eigenvalue weighted by molar-refractivity contribution is 5.48. The van der Waals surface area contributed by atoms with Gasteiger partial charge < -0.3 is 5.11 Å². The van der Waals surface area contributed by atoms with Gasteiger partial charge in [0.15, 0.2) is 0 Å². The third-order valence-corrected chi connectivity index (χ3v) is 3.35. The zero-order chi connectivity index (χ0) is 9.64. The lowest BCUT2D eigenvalue weighted by Gasteiger charge is -2.45. The van der Waals surface area contributed by atoms with Crippen LogP contribution in [0.5, 0.6) is 0 Å². The standard InChI is InChI=1S/C10H13NO2/c1-6-5-9(11-13)7(2)10(12)4-3-8(6)10/h12H,3-5H2,1-2H3. The van der Waals surface area contributed by atoms with Crippen molar-refractivity contribution in [2.75, 3.05) is 0 Å². The van der Waals surface area contributed by atoms with Crippen molar-refractivity contribution in [3.63, 3.8) is 0 Å². The third-order valence-electron chi connectivity index (χ3n) is 3.35. The predicted molar refractivity (Wildman–Crippen MR) is 50.0 cm³/mol. The van der Waals surface area contributed by atoms with Gasteiger partial charge in [0.25, 0.3) is 0 Å². The van der Waals surface area contributed by atoms with Crippen molar-refractivity contribution in [1.82, 2.24) is 0 Å². The van der Waals surface area contributed by atoms with Crippen molar-refractivity contribution in [3.8, 4) is 0 Å². The summed E-state index contributed by atoms with van der Waals surface area (Å²) in [4.78, 5) is 10.5. The molecule has 13 heavy (non-hydrogen) atoms. The summed E-state index contributed by atoms with van der Waals surface area (Å²) in [5.41, 5.74) is 2.69. The van der Waals surface area contributed by atoms with E-state index in [0.29, 0.717) is 12.1 Å². The number of rotatable bonds is 1. The van der Waals surface area contributed by atoms with Gasteiger partial charge in [-0.1, -0.05) is 5.57 Å². The Labute approximate surface area is 77.1 Å². The monoisotopic (exact) mass is 179 g/mol. The zero-order valence-corrected chi connectivity index (χ0v) is 7.92. The number of allylic oxidation sites excluding steroid dienone is 1. The lowest BCUT2D eigenvalue weighted by Crippen LogP contribution is -2.44. The largest absolute Gasteiger partial charge is 0.381 e. The summed E-state index contributed by atoms with van der Waals surface area (Å²) < 4.78 is 0. The Morgan fingerprint density at radius 1 is 1.46 bits per heavy atom. The van der Waals surface area contributed by atoms with Crippen molar-refractivity contribution >= 4 is 0 Å². The normalized spacial score (nSPS) is 32.8. The zero-order valence-electron chi connectivity index (χ0n) is 7.92. The summed E-state index contributed by atoms with van der Waals surface area (Å²) in [6, 6.07) is 0. The average molecular weight is 179 g/mol. The lowest BCUT2D eigenvalue weighted by molar-refractivity contribution is 0.0577. The van der Waals surface area contributed by atoms with Crippen LogP contribution in [0.15, 0.2) is 27.6 Å². The van der Waals surface area contributed by atoms with E-state index < -0.39 is 5.60 Å². The topological polar surface area (TPSA) is 49.7 Å². The minimum absolute atomic E-state index is 0.517. The Hall–Kier alpha value is -0.960. The molecule has 1 fully saturated rings. The Balaban J connectivity index is 2.48. The van der Waals surface area contributed by atoms with E-state index in [9.17, 15) is 10.0 Å². The van der Waals surface area contributed by atoms with Gasteiger partial charge in [-0.25, -0.2) is 0 Å². The van der Waals surface area contributed by atoms with Gasteiger partial charge in [-0.15, -0.1) is 4.91 Å². The minimum Gasteiger partial charge on any atom is -0.381 e. The fraction of sp³-hybridized carbons (Fsp3) is 0.600. The van der Waals surface area contributed by atoms with Crippen molar-refractivity contribution < 1.29 is 5.11 Å². The van der Waals surface area contributed by atoms with Crippen LogP contribution in [-0.4, -0.2) is 10.7 Å². The molecule has 3 nitrogen and oxygen atoms in total. The second kappa shape index (κ2) is 2.51. The number of nitroso groups, excluding NO2 is 1. The molecular formula is C10H13NO2. The van der Waals surface area contributed by atoms with Crippen LogP contribution >= 0.6 is 0 Å². The van der Waals surface area contributed by atoms with E-state index in [1.54, 1.807) is 0 Å². The van der Waals surface area contributed by atoms with E-state index in [1.165, 1.54) is 0 Å². The summed E-state index contributed by atoms with van der Waals surface area (Å²) >= 11 is 0. The highest BCUT2D eigenvalue weighted by atomic mass is 16.3. The second-order valence-corrected chi connectivity index (χ2v) is 3.96. The molecule has 2 rings (SSSR count). The summed E-state index contributed by atoms with van der Waals surface area (Å²) in [5.74, 6) is 0. The lowest BCUT2D eigenvalue weighted by atomic mass is 9.65. The van der Waals surface area contributed by atoms with Crippen LogP contribution < -0.4 is 0 Å².